The topological polar surface area (TPSA) is 36.9 Å². The van der Waals surface area contributed by atoms with Crippen molar-refractivity contribution >= 4 is 44.7 Å². The van der Waals surface area contributed by atoms with Gasteiger partial charge in [-0.15, -0.1) is 0 Å². The molecule has 0 spiro atoms. The third-order valence-electron chi connectivity index (χ3n) is 5.07. The maximum Gasteiger partial charge on any atom is 0.140 e. The highest BCUT2D eigenvalue weighted by Crippen LogP contribution is 2.53. The van der Waals surface area contributed by atoms with E-state index >= 15 is 0 Å². The fraction of sp³-hybridized carbons (Fsp3) is 0.417. The molecule has 6 heteroatoms. The molecule has 0 aliphatic rings. The summed E-state index contributed by atoms with van der Waals surface area (Å²) >= 11 is 13.4. The Kier molecular flexibility index (Phi) is 7.79. The van der Waals surface area contributed by atoms with Crippen LogP contribution in [0.4, 0.5) is 0 Å². The second-order valence-electron chi connectivity index (χ2n) is 7.06. The Bertz CT molecular complexity index is 951. The van der Waals surface area contributed by atoms with Crippen LogP contribution in [0.5, 0.6) is 23.0 Å². The third-order valence-corrected chi connectivity index (χ3v) is 5.70. The first-order chi connectivity index (χ1) is 14.6. The van der Waals surface area contributed by atoms with Gasteiger partial charge in [0.1, 0.15) is 23.0 Å². The van der Waals surface area contributed by atoms with Gasteiger partial charge in [0.15, 0.2) is 0 Å². The quantitative estimate of drug-likeness (QED) is 0.234. The molecular weight excluding hydrogens is 423 g/mol. The van der Waals surface area contributed by atoms with E-state index in [1.165, 1.54) is 0 Å². The van der Waals surface area contributed by atoms with Gasteiger partial charge in [0.2, 0.25) is 0 Å². The summed E-state index contributed by atoms with van der Waals surface area (Å²) in [6, 6.07) is 7.31. The number of fused-ring (bicyclic) bond motifs is 2. The van der Waals surface area contributed by atoms with E-state index in [2.05, 4.69) is 13.8 Å². The first kappa shape index (κ1) is 22.6. The van der Waals surface area contributed by atoms with E-state index in [0.717, 1.165) is 47.2 Å². The molecule has 0 bridgehead atoms. The van der Waals surface area contributed by atoms with E-state index < -0.39 is 0 Å². The average molecular weight is 451 g/mol. The van der Waals surface area contributed by atoms with Gasteiger partial charge < -0.3 is 18.9 Å². The average Bonchev–Trinajstić information content (AvgIpc) is 2.76. The number of rotatable bonds is 10. The van der Waals surface area contributed by atoms with Crippen molar-refractivity contribution in [2.45, 2.75) is 39.5 Å². The molecule has 0 unspecified atom stereocenters. The molecule has 0 heterocycles. The maximum atomic E-state index is 6.68. The number of hydrogen-bond donors (Lipinski definition) is 0. The fourth-order valence-electron chi connectivity index (χ4n) is 3.53. The third kappa shape index (κ3) is 4.21. The fourth-order valence-corrected chi connectivity index (χ4v) is 4.01. The van der Waals surface area contributed by atoms with Gasteiger partial charge in [-0.3, -0.25) is 0 Å². The van der Waals surface area contributed by atoms with Gasteiger partial charge in [0.25, 0.3) is 0 Å². The zero-order valence-corrected chi connectivity index (χ0v) is 19.5. The van der Waals surface area contributed by atoms with E-state index in [1.54, 1.807) is 26.4 Å². The Morgan fingerprint density at radius 3 is 1.37 bits per heavy atom. The molecule has 0 aliphatic carbocycles. The molecule has 4 nitrogen and oxygen atoms in total. The molecule has 0 aromatic heterocycles. The lowest BCUT2D eigenvalue weighted by molar-refractivity contribution is 0.309. The lowest BCUT2D eigenvalue weighted by Crippen LogP contribution is -2.04. The summed E-state index contributed by atoms with van der Waals surface area (Å²) in [5.74, 6) is 2.60. The second kappa shape index (κ2) is 10.3. The van der Waals surface area contributed by atoms with E-state index in [0.29, 0.717) is 46.3 Å². The zero-order chi connectivity index (χ0) is 21.7. The minimum atomic E-state index is 0.549. The molecular formula is C24H28Cl2O4. The van der Waals surface area contributed by atoms with Crippen molar-refractivity contribution in [1.29, 1.82) is 0 Å². The summed E-state index contributed by atoms with van der Waals surface area (Å²) in [6.45, 7) is 5.36. The van der Waals surface area contributed by atoms with Crippen molar-refractivity contribution in [3.8, 4) is 23.0 Å². The Morgan fingerprint density at radius 2 is 1.03 bits per heavy atom. The number of methoxy groups -OCH3 is 2. The number of halogens is 2. The SMILES string of the molecule is CCCCOc1c2c(Cl)ccc(Cl)c2c(OCCCC)c2c(OC)ccc(OC)c12. The van der Waals surface area contributed by atoms with Crippen molar-refractivity contribution in [3.05, 3.63) is 34.3 Å². The molecule has 0 N–H and O–H groups in total. The molecule has 0 aliphatic heterocycles. The van der Waals surface area contributed by atoms with Gasteiger partial charge in [-0.25, -0.2) is 0 Å². The van der Waals surface area contributed by atoms with E-state index in [4.69, 9.17) is 42.1 Å². The molecule has 0 atom stereocenters. The van der Waals surface area contributed by atoms with Crippen molar-refractivity contribution in [1.82, 2.24) is 0 Å². The Morgan fingerprint density at radius 1 is 0.633 bits per heavy atom. The van der Waals surface area contributed by atoms with Crippen LogP contribution in [0.15, 0.2) is 24.3 Å². The van der Waals surface area contributed by atoms with Crippen molar-refractivity contribution in [2.24, 2.45) is 0 Å². The highest BCUT2D eigenvalue weighted by Gasteiger charge is 2.25. The molecule has 0 fully saturated rings. The number of ether oxygens (including phenoxy) is 4. The smallest absolute Gasteiger partial charge is 0.140 e. The molecule has 0 saturated carbocycles. The van der Waals surface area contributed by atoms with Crippen molar-refractivity contribution < 1.29 is 18.9 Å². The summed E-state index contributed by atoms with van der Waals surface area (Å²) in [5, 5.41) is 4.10. The van der Waals surface area contributed by atoms with Crippen LogP contribution in [0.1, 0.15) is 39.5 Å². The normalized spacial score (nSPS) is 11.1. The second-order valence-corrected chi connectivity index (χ2v) is 7.88. The Labute approximate surface area is 188 Å². The largest absolute Gasteiger partial charge is 0.496 e. The van der Waals surface area contributed by atoms with Gasteiger partial charge in [-0.1, -0.05) is 49.9 Å². The summed E-state index contributed by atoms with van der Waals surface area (Å²) in [6.07, 6.45) is 3.87. The molecule has 162 valence electrons. The molecule has 0 amide bonds. The number of unbranched alkanes of at least 4 members (excludes halogenated alkanes) is 2. The van der Waals surface area contributed by atoms with Gasteiger partial charge in [0, 0.05) is 10.8 Å². The lowest BCUT2D eigenvalue weighted by Gasteiger charge is -2.22. The molecule has 3 aromatic rings. The van der Waals surface area contributed by atoms with E-state index in [-0.39, 0.29) is 0 Å². The van der Waals surface area contributed by atoms with Crippen LogP contribution in [0.2, 0.25) is 10.0 Å². The summed E-state index contributed by atoms with van der Waals surface area (Å²) < 4.78 is 24.0. The first-order valence-corrected chi connectivity index (χ1v) is 11.1. The van der Waals surface area contributed by atoms with Crippen LogP contribution >= 0.6 is 23.2 Å². The monoisotopic (exact) mass is 450 g/mol. The minimum Gasteiger partial charge on any atom is -0.496 e. The van der Waals surface area contributed by atoms with Gasteiger partial charge >= 0.3 is 0 Å². The van der Waals surface area contributed by atoms with Gasteiger partial charge in [0.05, 0.1) is 48.3 Å². The van der Waals surface area contributed by atoms with Crippen LogP contribution in [-0.4, -0.2) is 27.4 Å². The van der Waals surface area contributed by atoms with E-state index in [9.17, 15) is 0 Å². The summed E-state index contributed by atoms with van der Waals surface area (Å²) in [7, 11) is 3.27. The van der Waals surface area contributed by atoms with Crippen LogP contribution in [0.3, 0.4) is 0 Å². The lowest BCUT2D eigenvalue weighted by atomic mass is 9.98. The minimum absolute atomic E-state index is 0.549. The maximum absolute atomic E-state index is 6.68. The van der Waals surface area contributed by atoms with Crippen LogP contribution in [-0.2, 0) is 0 Å². The molecule has 3 rings (SSSR count). The van der Waals surface area contributed by atoms with Crippen LogP contribution in [0.25, 0.3) is 21.5 Å². The zero-order valence-electron chi connectivity index (χ0n) is 17.9. The Hall–Kier alpha value is -2.04. The van der Waals surface area contributed by atoms with Gasteiger partial charge in [-0.05, 0) is 37.1 Å². The van der Waals surface area contributed by atoms with Crippen LogP contribution < -0.4 is 18.9 Å². The highest BCUT2D eigenvalue weighted by molar-refractivity contribution is 6.43. The number of hydrogen-bond acceptors (Lipinski definition) is 4. The standard InChI is InChI=1S/C24H28Cl2O4/c1-5-7-13-29-23-19-15(25)9-10-16(26)20(19)24(30-14-8-6-2)22-18(28-4)12-11-17(27-3)21(22)23/h9-12H,5-8,13-14H2,1-4H3. The van der Waals surface area contributed by atoms with Gasteiger partial charge in [-0.2, -0.15) is 0 Å². The Balaban J connectivity index is 2.49. The predicted octanol–water partition coefficient (Wildman–Crippen LogP) is 7.67. The van der Waals surface area contributed by atoms with Crippen molar-refractivity contribution in [3.63, 3.8) is 0 Å². The molecule has 0 radical (unpaired) electrons. The summed E-state index contributed by atoms with van der Waals surface area (Å²) in [5.41, 5.74) is 0. The van der Waals surface area contributed by atoms with E-state index in [1.807, 2.05) is 12.1 Å². The van der Waals surface area contributed by atoms with Crippen molar-refractivity contribution in [2.75, 3.05) is 27.4 Å². The molecule has 30 heavy (non-hydrogen) atoms. The van der Waals surface area contributed by atoms with Crippen LogP contribution in [0, 0.1) is 0 Å². The highest BCUT2D eigenvalue weighted by atomic mass is 35.5. The summed E-state index contributed by atoms with van der Waals surface area (Å²) in [4.78, 5) is 0. The molecule has 0 saturated heterocycles. The first-order valence-electron chi connectivity index (χ1n) is 10.3. The molecule has 3 aromatic carbocycles. The number of benzene rings is 3. The predicted molar refractivity (Wildman–Crippen MR) is 125 cm³/mol.